The number of benzene rings is 1. The highest BCUT2D eigenvalue weighted by Crippen LogP contribution is 2.17. The van der Waals surface area contributed by atoms with Crippen LogP contribution in [0.1, 0.15) is 26.7 Å². The second kappa shape index (κ2) is 10.3. The lowest BCUT2D eigenvalue weighted by Crippen LogP contribution is -2.44. The Morgan fingerprint density at radius 2 is 2.08 bits per heavy atom. The number of carbonyl (C=O) groups excluding carboxylic acids is 1. The molecule has 5 nitrogen and oxygen atoms in total. The fourth-order valence-corrected chi connectivity index (χ4v) is 2.94. The summed E-state index contributed by atoms with van der Waals surface area (Å²) in [6, 6.07) is 10.2. The number of hydrogen-bond donors (Lipinski definition) is 1. The number of amides is 1. The molecule has 0 saturated carbocycles. The molecule has 0 radical (unpaired) electrons. The van der Waals surface area contributed by atoms with Crippen LogP contribution >= 0.6 is 0 Å². The zero-order valence-electron chi connectivity index (χ0n) is 14.9. The molecule has 1 amide bonds. The van der Waals surface area contributed by atoms with Crippen LogP contribution in [0.2, 0.25) is 0 Å². The fourth-order valence-electron chi connectivity index (χ4n) is 2.94. The summed E-state index contributed by atoms with van der Waals surface area (Å²) in [6.45, 7) is 8.40. The monoisotopic (exact) mass is 334 g/mol. The van der Waals surface area contributed by atoms with Crippen molar-refractivity contribution in [3.05, 3.63) is 30.3 Å². The molecule has 0 aromatic heterocycles. The van der Waals surface area contributed by atoms with Crippen LogP contribution < -0.4 is 10.1 Å². The van der Waals surface area contributed by atoms with Crippen LogP contribution in [0.15, 0.2) is 30.3 Å². The summed E-state index contributed by atoms with van der Waals surface area (Å²) in [6.07, 6.45) is 2.40. The van der Waals surface area contributed by atoms with Gasteiger partial charge in [0.05, 0.1) is 6.61 Å². The van der Waals surface area contributed by atoms with Crippen LogP contribution in [0.5, 0.6) is 5.75 Å². The molecule has 0 unspecified atom stereocenters. The molecule has 1 fully saturated rings. The van der Waals surface area contributed by atoms with E-state index in [4.69, 9.17) is 9.47 Å². The van der Waals surface area contributed by atoms with E-state index in [1.807, 2.05) is 30.3 Å². The minimum atomic E-state index is -0.0450. The molecule has 0 bridgehead atoms. The van der Waals surface area contributed by atoms with Crippen molar-refractivity contribution in [2.24, 2.45) is 5.92 Å². The van der Waals surface area contributed by atoms with Gasteiger partial charge in [0, 0.05) is 19.1 Å². The summed E-state index contributed by atoms with van der Waals surface area (Å²) in [4.78, 5) is 14.3. The Bertz CT molecular complexity index is 479. The van der Waals surface area contributed by atoms with Crippen molar-refractivity contribution in [1.82, 2.24) is 10.2 Å². The minimum Gasteiger partial charge on any atom is -0.491 e. The number of ether oxygens (including phenoxy) is 2. The van der Waals surface area contributed by atoms with Gasteiger partial charge in [0.15, 0.2) is 0 Å². The molecule has 1 saturated heterocycles. The third kappa shape index (κ3) is 6.89. The molecule has 134 valence electrons. The van der Waals surface area contributed by atoms with Gasteiger partial charge in [-0.1, -0.05) is 18.2 Å². The highest BCUT2D eigenvalue weighted by Gasteiger charge is 2.21. The zero-order chi connectivity index (χ0) is 17.2. The van der Waals surface area contributed by atoms with Crippen LogP contribution in [0.3, 0.4) is 0 Å². The molecule has 24 heavy (non-hydrogen) atoms. The van der Waals surface area contributed by atoms with E-state index in [2.05, 4.69) is 24.1 Å². The first-order valence-electron chi connectivity index (χ1n) is 8.91. The summed E-state index contributed by atoms with van der Waals surface area (Å²) >= 11 is 0. The normalized spacial score (nSPS) is 18.5. The number of para-hydroxylation sites is 1. The zero-order valence-corrected chi connectivity index (χ0v) is 14.9. The Kier molecular flexibility index (Phi) is 8.05. The van der Waals surface area contributed by atoms with E-state index >= 15 is 0 Å². The number of carbonyl (C=O) groups is 1. The molecule has 1 aliphatic rings. The number of likely N-dealkylation sites (tertiary alicyclic amines) is 1. The summed E-state index contributed by atoms with van der Waals surface area (Å²) < 4.78 is 10.9. The Morgan fingerprint density at radius 1 is 1.29 bits per heavy atom. The molecule has 0 aliphatic carbocycles. The summed E-state index contributed by atoms with van der Waals surface area (Å²) in [5.41, 5.74) is 0. The van der Waals surface area contributed by atoms with Crippen molar-refractivity contribution in [1.29, 1.82) is 0 Å². The molecule has 2 rings (SSSR count). The van der Waals surface area contributed by atoms with Gasteiger partial charge in [-0.05, 0) is 51.3 Å². The maximum atomic E-state index is 11.8. The van der Waals surface area contributed by atoms with Crippen molar-refractivity contribution in [2.75, 3.05) is 39.5 Å². The van der Waals surface area contributed by atoms with E-state index in [0.29, 0.717) is 25.2 Å². The SMILES string of the molecule is CC(C)N1CCC[C@H](CNC(=O)COCCOc2ccccc2)C1. The predicted octanol–water partition coefficient (Wildman–Crippen LogP) is 2.32. The van der Waals surface area contributed by atoms with Crippen LogP contribution in [-0.2, 0) is 9.53 Å². The van der Waals surface area contributed by atoms with Crippen molar-refractivity contribution >= 4 is 5.91 Å². The number of hydrogen-bond acceptors (Lipinski definition) is 4. The largest absolute Gasteiger partial charge is 0.491 e. The minimum absolute atomic E-state index is 0.0450. The lowest BCUT2D eigenvalue weighted by atomic mass is 9.97. The third-order valence-corrected chi connectivity index (χ3v) is 4.34. The van der Waals surface area contributed by atoms with E-state index in [0.717, 1.165) is 18.8 Å². The maximum Gasteiger partial charge on any atom is 0.246 e. The Balaban J connectivity index is 1.52. The van der Waals surface area contributed by atoms with Gasteiger partial charge in [-0.3, -0.25) is 4.79 Å². The quantitative estimate of drug-likeness (QED) is 0.704. The van der Waals surface area contributed by atoms with E-state index in [-0.39, 0.29) is 12.5 Å². The van der Waals surface area contributed by atoms with Gasteiger partial charge >= 0.3 is 0 Å². The van der Waals surface area contributed by atoms with E-state index in [1.165, 1.54) is 19.4 Å². The van der Waals surface area contributed by atoms with Gasteiger partial charge in [-0.15, -0.1) is 0 Å². The lowest BCUT2D eigenvalue weighted by molar-refractivity contribution is -0.126. The molecular weight excluding hydrogens is 304 g/mol. The number of nitrogens with zero attached hydrogens (tertiary/aromatic N) is 1. The number of piperidine rings is 1. The molecule has 1 atom stereocenters. The Hall–Kier alpha value is -1.59. The standard InChI is InChI=1S/C19H30N2O3/c1-16(2)21-10-6-7-17(14-21)13-20-19(22)15-23-11-12-24-18-8-4-3-5-9-18/h3-5,8-9,16-17H,6-7,10-15H2,1-2H3,(H,20,22)/t17-/m1/s1. The molecule has 1 heterocycles. The van der Waals surface area contributed by atoms with E-state index in [9.17, 15) is 4.79 Å². The Labute approximate surface area is 145 Å². The average Bonchev–Trinajstić information content (AvgIpc) is 2.61. The molecular formula is C19H30N2O3. The highest BCUT2D eigenvalue weighted by atomic mass is 16.5. The van der Waals surface area contributed by atoms with Gasteiger partial charge in [0.2, 0.25) is 5.91 Å². The van der Waals surface area contributed by atoms with Crippen LogP contribution in [0.25, 0.3) is 0 Å². The highest BCUT2D eigenvalue weighted by molar-refractivity contribution is 5.77. The summed E-state index contributed by atoms with van der Waals surface area (Å²) in [5, 5.41) is 2.99. The van der Waals surface area contributed by atoms with Crippen LogP contribution in [-0.4, -0.2) is 56.3 Å². The first kappa shape index (κ1) is 18.7. The first-order chi connectivity index (χ1) is 11.6. The molecule has 5 heteroatoms. The predicted molar refractivity (Wildman–Crippen MR) is 95.2 cm³/mol. The number of rotatable bonds is 9. The van der Waals surface area contributed by atoms with Crippen molar-refractivity contribution in [2.45, 2.75) is 32.7 Å². The van der Waals surface area contributed by atoms with E-state index < -0.39 is 0 Å². The maximum absolute atomic E-state index is 11.8. The van der Waals surface area contributed by atoms with Crippen molar-refractivity contribution in [3.63, 3.8) is 0 Å². The van der Waals surface area contributed by atoms with E-state index in [1.54, 1.807) is 0 Å². The van der Waals surface area contributed by atoms with Gasteiger partial charge in [0.25, 0.3) is 0 Å². The number of nitrogens with one attached hydrogen (secondary N) is 1. The summed E-state index contributed by atoms with van der Waals surface area (Å²) in [7, 11) is 0. The van der Waals surface area contributed by atoms with Gasteiger partial charge in [0.1, 0.15) is 19.0 Å². The fraction of sp³-hybridized carbons (Fsp3) is 0.632. The average molecular weight is 334 g/mol. The second-order valence-corrected chi connectivity index (χ2v) is 6.62. The van der Waals surface area contributed by atoms with Gasteiger partial charge < -0.3 is 19.7 Å². The molecule has 1 N–H and O–H groups in total. The third-order valence-electron chi connectivity index (χ3n) is 4.34. The van der Waals surface area contributed by atoms with Crippen LogP contribution in [0, 0.1) is 5.92 Å². The second-order valence-electron chi connectivity index (χ2n) is 6.62. The summed E-state index contributed by atoms with van der Waals surface area (Å²) in [5.74, 6) is 1.32. The topological polar surface area (TPSA) is 50.8 Å². The molecule has 1 aliphatic heterocycles. The Morgan fingerprint density at radius 3 is 2.83 bits per heavy atom. The van der Waals surface area contributed by atoms with Crippen LogP contribution in [0.4, 0.5) is 0 Å². The smallest absolute Gasteiger partial charge is 0.246 e. The van der Waals surface area contributed by atoms with Crippen molar-refractivity contribution < 1.29 is 14.3 Å². The van der Waals surface area contributed by atoms with Gasteiger partial charge in [-0.2, -0.15) is 0 Å². The van der Waals surface area contributed by atoms with Crippen molar-refractivity contribution in [3.8, 4) is 5.75 Å². The first-order valence-corrected chi connectivity index (χ1v) is 8.91. The lowest BCUT2D eigenvalue weighted by Gasteiger charge is -2.35. The molecule has 0 spiro atoms. The molecule has 1 aromatic rings. The van der Waals surface area contributed by atoms with Gasteiger partial charge in [-0.25, -0.2) is 0 Å². The molecule has 1 aromatic carbocycles.